The van der Waals surface area contributed by atoms with E-state index in [-0.39, 0.29) is 11.8 Å². The van der Waals surface area contributed by atoms with Gasteiger partial charge in [-0.2, -0.15) is 0 Å². The van der Waals surface area contributed by atoms with Crippen LogP contribution in [0.1, 0.15) is 34.9 Å². The summed E-state index contributed by atoms with van der Waals surface area (Å²) in [6.45, 7) is 1.52. The molecule has 2 heterocycles. The summed E-state index contributed by atoms with van der Waals surface area (Å²) in [5.74, 6) is 1.36. The molecule has 1 saturated heterocycles. The van der Waals surface area contributed by atoms with Crippen LogP contribution in [0.15, 0.2) is 48.5 Å². The normalized spacial score (nSPS) is 17.5. The molecule has 0 aliphatic carbocycles. The molecule has 1 fully saturated rings. The van der Waals surface area contributed by atoms with Crippen LogP contribution < -0.4 is 4.90 Å². The second-order valence-electron chi connectivity index (χ2n) is 7.17. The zero-order valence-corrected chi connectivity index (χ0v) is 15.3. The molecule has 1 aliphatic heterocycles. The quantitative estimate of drug-likeness (QED) is 0.786. The second-order valence-corrected chi connectivity index (χ2v) is 7.17. The molecule has 4 rings (SSSR count). The Morgan fingerprint density at radius 1 is 1.19 bits per heavy atom. The number of aromatic nitrogens is 2. The maximum atomic E-state index is 13.0. The van der Waals surface area contributed by atoms with E-state index in [1.54, 1.807) is 0 Å². The topological polar surface area (TPSA) is 52.2 Å². The molecule has 0 unspecified atom stereocenters. The number of hydrogen-bond donors (Lipinski definition) is 1. The summed E-state index contributed by atoms with van der Waals surface area (Å²) in [7, 11) is 3.98. The van der Waals surface area contributed by atoms with Gasteiger partial charge >= 0.3 is 0 Å². The van der Waals surface area contributed by atoms with Gasteiger partial charge in [0.15, 0.2) is 0 Å². The fourth-order valence-corrected chi connectivity index (χ4v) is 3.65. The molecule has 0 bridgehead atoms. The van der Waals surface area contributed by atoms with E-state index >= 15 is 0 Å². The van der Waals surface area contributed by atoms with E-state index in [1.807, 2.05) is 72.4 Å². The van der Waals surface area contributed by atoms with E-state index in [0.717, 1.165) is 47.5 Å². The van der Waals surface area contributed by atoms with Gasteiger partial charge in [0.1, 0.15) is 5.82 Å². The standard InChI is InChI=1S/C21H24N4O/c1-24(2)17-9-5-7-15(13-17)21(26)25-12-6-8-16(14-25)20-22-18-10-3-4-11-19(18)23-20/h3-5,7,9-11,13,16H,6,8,12,14H2,1-2H3,(H,22,23)/t16-/m0/s1. The Kier molecular flexibility index (Phi) is 4.37. The van der Waals surface area contributed by atoms with Gasteiger partial charge in [-0.15, -0.1) is 0 Å². The van der Waals surface area contributed by atoms with Crippen molar-refractivity contribution in [2.45, 2.75) is 18.8 Å². The van der Waals surface area contributed by atoms with Crippen LogP contribution in [0.3, 0.4) is 0 Å². The number of carbonyl (C=O) groups is 1. The van der Waals surface area contributed by atoms with E-state index in [0.29, 0.717) is 6.54 Å². The van der Waals surface area contributed by atoms with Crippen LogP contribution in [0.4, 0.5) is 5.69 Å². The third-order valence-corrected chi connectivity index (χ3v) is 5.11. The summed E-state index contributed by atoms with van der Waals surface area (Å²) in [6, 6.07) is 15.9. The minimum absolute atomic E-state index is 0.106. The Morgan fingerprint density at radius 3 is 2.85 bits per heavy atom. The van der Waals surface area contributed by atoms with Crippen molar-refractivity contribution in [1.82, 2.24) is 14.9 Å². The van der Waals surface area contributed by atoms with Gasteiger partial charge in [0.05, 0.1) is 11.0 Å². The first-order valence-electron chi connectivity index (χ1n) is 9.13. The Bertz CT molecular complexity index is 897. The minimum atomic E-state index is 0.106. The molecule has 5 nitrogen and oxygen atoms in total. The maximum absolute atomic E-state index is 13.0. The molecular formula is C21H24N4O. The predicted molar refractivity (Wildman–Crippen MR) is 105 cm³/mol. The van der Waals surface area contributed by atoms with Crippen molar-refractivity contribution in [2.24, 2.45) is 0 Å². The number of aromatic amines is 1. The third-order valence-electron chi connectivity index (χ3n) is 5.11. The number of piperidine rings is 1. The van der Waals surface area contributed by atoms with Crippen molar-refractivity contribution < 1.29 is 4.79 Å². The Morgan fingerprint density at radius 2 is 2.04 bits per heavy atom. The number of rotatable bonds is 3. The van der Waals surface area contributed by atoms with E-state index in [9.17, 15) is 4.79 Å². The fourth-order valence-electron chi connectivity index (χ4n) is 3.65. The summed E-state index contributed by atoms with van der Waals surface area (Å²) in [5.41, 5.74) is 3.84. The number of para-hydroxylation sites is 2. The molecule has 2 aromatic carbocycles. The molecule has 5 heteroatoms. The second kappa shape index (κ2) is 6.83. The van der Waals surface area contributed by atoms with E-state index < -0.39 is 0 Å². The van der Waals surface area contributed by atoms with Gasteiger partial charge in [-0.05, 0) is 43.2 Å². The SMILES string of the molecule is CN(C)c1cccc(C(=O)N2CCC[C@H](c3nc4ccccc4[nH]3)C2)c1. The van der Waals surface area contributed by atoms with E-state index in [2.05, 4.69) is 4.98 Å². The zero-order chi connectivity index (χ0) is 18.1. The third kappa shape index (κ3) is 3.17. The van der Waals surface area contributed by atoms with Crippen molar-refractivity contribution in [1.29, 1.82) is 0 Å². The van der Waals surface area contributed by atoms with Gasteiger partial charge in [0.2, 0.25) is 0 Å². The lowest BCUT2D eigenvalue weighted by Crippen LogP contribution is -2.39. The van der Waals surface area contributed by atoms with Gasteiger partial charge in [-0.3, -0.25) is 4.79 Å². The Hall–Kier alpha value is -2.82. The van der Waals surface area contributed by atoms with Crippen molar-refractivity contribution >= 4 is 22.6 Å². The number of anilines is 1. The molecule has 0 radical (unpaired) electrons. The van der Waals surface area contributed by atoms with Crippen molar-refractivity contribution in [3.05, 3.63) is 59.9 Å². The summed E-state index contributed by atoms with van der Waals surface area (Å²) >= 11 is 0. The van der Waals surface area contributed by atoms with Crippen LogP contribution in [0, 0.1) is 0 Å². The highest BCUT2D eigenvalue weighted by molar-refractivity contribution is 5.95. The summed E-state index contributed by atoms with van der Waals surface area (Å²) in [4.78, 5) is 25.2. The molecule has 134 valence electrons. The zero-order valence-electron chi connectivity index (χ0n) is 15.3. The highest BCUT2D eigenvalue weighted by Gasteiger charge is 2.27. The average molecular weight is 348 g/mol. The monoisotopic (exact) mass is 348 g/mol. The smallest absolute Gasteiger partial charge is 0.253 e. The number of likely N-dealkylation sites (tertiary alicyclic amines) is 1. The number of hydrogen-bond acceptors (Lipinski definition) is 3. The van der Waals surface area contributed by atoms with Crippen LogP contribution in [0.2, 0.25) is 0 Å². The molecular weight excluding hydrogens is 324 g/mol. The lowest BCUT2D eigenvalue weighted by Gasteiger charge is -2.32. The van der Waals surface area contributed by atoms with Gasteiger partial charge in [0.25, 0.3) is 5.91 Å². The molecule has 1 atom stereocenters. The summed E-state index contributed by atoms with van der Waals surface area (Å²) < 4.78 is 0. The molecule has 1 aliphatic rings. The number of imidazole rings is 1. The molecule has 1 aromatic heterocycles. The predicted octanol–water partition coefficient (Wildman–Crippen LogP) is 3.65. The van der Waals surface area contributed by atoms with Crippen LogP contribution in [-0.4, -0.2) is 48.0 Å². The van der Waals surface area contributed by atoms with E-state index in [1.165, 1.54) is 0 Å². The highest BCUT2D eigenvalue weighted by Crippen LogP contribution is 2.28. The summed E-state index contributed by atoms with van der Waals surface area (Å²) in [5, 5.41) is 0. The van der Waals surface area contributed by atoms with Gasteiger partial charge in [0, 0.05) is 44.4 Å². The number of amides is 1. The van der Waals surface area contributed by atoms with Crippen molar-refractivity contribution in [2.75, 3.05) is 32.1 Å². The van der Waals surface area contributed by atoms with Crippen LogP contribution in [0.5, 0.6) is 0 Å². The highest BCUT2D eigenvalue weighted by atomic mass is 16.2. The fraction of sp³-hybridized carbons (Fsp3) is 0.333. The molecule has 3 aromatic rings. The number of H-pyrrole nitrogens is 1. The van der Waals surface area contributed by atoms with Crippen molar-refractivity contribution in [3.63, 3.8) is 0 Å². The number of carbonyl (C=O) groups excluding carboxylic acids is 1. The Labute approximate surface area is 153 Å². The first kappa shape index (κ1) is 16.6. The average Bonchev–Trinajstić information content (AvgIpc) is 3.12. The molecule has 26 heavy (non-hydrogen) atoms. The van der Waals surface area contributed by atoms with Crippen LogP contribution in [-0.2, 0) is 0 Å². The van der Waals surface area contributed by atoms with E-state index in [4.69, 9.17) is 4.98 Å². The number of nitrogens with zero attached hydrogens (tertiary/aromatic N) is 3. The minimum Gasteiger partial charge on any atom is -0.378 e. The van der Waals surface area contributed by atoms with Gasteiger partial charge in [-0.1, -0.05) is 18.2 Å². The summed E-state index contributed by atoms with van der Waals surface area (Å²) in [6.07, 6.45) is 2.06. The lowest BCUT2D eigenvalue weighted by atomic mass is 9.96. The lowest BCUT2D eigenvalue weighted by molar-refractivity contribution is 0.0705. The number of nitrogens with one attached hydrogen (secondary N) is 1. The Balaban J connectivity index is 1.54. The first-order chi connectivity index (χ1) is 12.6. The maximum Gasteiger partial charge on any atom is 0.253 e. The molecule has 1 amide bonds. The largest absolute Gasteiger partial charge is 0.378 e. The molecule has 1 N–H and O–H groups in total. The molecule has 0 spiro atoms. The van der Waals surface area contributed by atoms with Crippen LogP contribution >= 0.6 is 0 Å². The number of fused-ring (bicyclic) bond motifs is 1. The van der Waals surface area contributed by atoms with Gasteiger partial charge in [-0.25, -0.2) is 4.98 Å². The number of benzene rings is 2. The first-order valence-corrected chi connectivity index (χ1v) is 9.13. The molecule has 0 saturated carbocycles. The van der Waals surface area contributed by atoms with Crippen molar-refractivity contribution in [3.8, 4) is 0 Å². The van der Waals surface area contributed by atoms with Crippen LogP contribution in [0.25, 0.3) is 11.0 Å². The van der Waals surface area contributed by atoms with Gasteiger partial charge < -0.3 is 14.8 Å².